The zero-order valence-corrected chi connectivity index (χ0v) is 21.4. The smallest absolute Gasteiger partial charge is 0.233 e. The molecule has 0 spiro atoms. The maximum atomic E-state index is 13.0. The minimum Gasteiger partial charge on any atom is -0.508 e. The molecule has 3 aliphatic rings. The number of carbonyl (C=O) groups is 2. The molecule has 1 aliphatic carbocycles. The van der Waals surface area contributed by atoms with Crippen LogP contribution in [0.3, 0.4) is 0 Å². The number of allylic oxidation sites excluding steroid dienone is 2. The highest BCUT2D eigenvalue weighted by molar-refractivity contribution is 6.32. The second-order valence-corrected chi connectivity index (χ2v) is 10.3. The average Bonchev–Trinajstić information content (AvgIpc) is 3.39. The number of halogens is 1. The molecule has 0 bridgehead atoms. The molecule has 2 fully saturated rings. The molecule has 2 aliphatic heterocycles. The lowest BCUT2D eigenvalue weighted by Gasteiger charge is -2.32. The van der Waals surface area contributed by atoms with Crippen molar-refractivity contribution < 1.29 is 19.4 Å². The zero-order chi connectivity index (χ0) is 25.4. The molecule has 6 nitrogen and oxygen atoms in total. The fraction of sp³-hybridized carbons (Fsp3) is 0.414. The predicted octanol–water partition coefficient (Wildman–Crippen LogP) is 5.51. The van der Waals surface area contributed by atoms with Gasteiger partial charge < -0.3 is 9.84 Å². The number of carbonyl (C=O) groups excluding carboxylic acids is 2. The SMILES string of the molecule is CCCC1=C2[C@@H](CC/C(=C/c3ccc(O)cc3Cl)c3ccccn3)OC[C@@H]2[C@@H]2C(=O)N(C)C(=O)[C@@H]2C1. The van der Waals surface area contributed by atoms with Crippen molar-refractivity contribution in [2.24, 2.45) is 17.8 Å². The van der Waals surface area contributed by atoms with E-state index in [9.17, 15) is 14.7 Å². The summed E-state index contributed by atoms with van der Waals surface area (Å²) in [4.78, 5) is 31.6. The van der Waals surface area contributed by atoms with Gasteiger partial charge in [0, 0.05) is 19.2 Å². The number of phenolic OH excluding ortho intramolecular Hbond substituents is 1. The number of benzene rings is 1. The van der Waals surface area contributed by atoms with Crippen molar-refractivity contribution in [3.63, 3.8) is 0 Å². The van der Waals surface area contributed by atoms with Crippen LogP contribution in [-0.2, 0) is 14.3 Å². The molecule has 1 aromatic carbocycles. The number of fused-ring (bicyclic) bond motifs is 3. The van der Waals surface area contributed by atoms with E-state index in [2.05, 4.69) is 11.9 Å². The van der Waals surface area contributed by atoms with Gasteiger partial charge in [-0.3, -0.25) is 19.5 Å². The maximum absolute atomic E-state index is 13.0. The van der Waals surface area contributed by atoms with Gasteiger partial charge in [-0.2, -0.15) is 0 Å². The molecular weight excluding hydrogens is 476 g/mol. The Hall–Kier alpha value is -2.96. The fourth-order valence-corrected chi connectivity index (χ4v) is 6.33. The summed E-state index contributed by atoms with van der Waals surface area (Å²) >= 11 is 6.40. The molecule has 1 N–H and O–H groups in total. The first kappa shape index (κ1) is 24.7. The molecule has 2 aromatic rings. The molecule has 0 saturated carbocycles. The van der Waals surface area contributed by atoms with E-state index >= 15 is 0 Å². The molecule has 3 heterocycles. The lowest BCUT2D eigenvalue weighted by Crippen LogP contribution is -2.34. The molecule has 0 radical (unpaired) electrons. The molecule has 5 rings (SSSR count). The number of rotatable bonds is 7. The van der Waals surface area contributed by atoms with E-state index in [0.29, 0.717) is 24.5 Å². The first-order chi connectivity index (χ1) is 17.4. The molecule has 2 saturated heterocycles. The summed E-state index contributed by atoms with van der Waals surface area (Å²) in [6.45, 7) is 2.63. The number of pyridine rings is 1. The van der Waals surface area contributed by atoms with Gasteiger partial charge in [-0.1, -0.05) is 36.6 Å². The number of amides is 2. The van der Waals surface area contributed by atoms with Crippen LogP contribution >= 0.6 is 11.6 Å². The van der Waals surface area contributed by atoms with E-state index in [1.807, 2.05) is 24.3 Å². The molecule has 188 valence electrons. The van der Waals surface area contributed by atoms with Gasteiger partial charge in [0.15, 0.2) is 0 Å². The summed E-state index contributed by atoms with van der Waals surface area (Å²) in [6.07, 6.45) is 7.72. The number of hydrogen-bond acceptors (Lipinski definition) is 5. The van der Waals surface area contributed by atoms with Gasteiger partial charge in [-0.05, 0) is 78.8 Å². The third-order valence-electron chi connectivity index (χ3n) is 7.76. The van der Waals surface area contributed by atoms with E-state index in [1.54, 1.807) is 25.4 Å². The number of hydrogen-bond donors (Lipinski definition) is 1. The van der Waals surface area contributed by atoms with Gasteiger partial charge in [0.2, 0.25) is 11.8 Å². The Kier molecular flexibility index (Phi) is 7.00. The summed E-state index contributed by atoms with van der Waals surface area (Å²) in [5.74, 6) is -0.565. The zero-order valence-electron chi connectivity index (χ0n) is 20.6. The van der Waals surface area contributed by atoms with E-state index in [4.69, 9.17) is 16.3 Å². The Morgan fingerprint density at radius 2 is 2.06 bits per heavy atom. The van der Waals surface area contributed by atoms with Crippen LogP contribution in [0.5, 0.6) is 5.75 Å². The maximum Gasteiger partial charge on any atom is 0.233 e. The van der Waals surface area contributed by atoms with Gasteiger partial charge in [0.05, 0.1) is 35.3 Å². The van der Waals surface area contributed by atoms with Crippen LogP contribution in [0.1, 0.15) is 50.3 Å². The highest BCUT2D eigenvalue weighted by atomic mass is 35.5. The largest absolute Gasteiger partial charge is 0.508 e. The first-order valence-electron chi connectivity index (χ1n) is 12.6. The minimum absolute atomic E-state index is 0.0227. The van der Waals surface area contributed by atoms with Crippen molar-refractivity contribution in [3.8, 4) is 5.75 Å². The summed E-state index contributed by atoms with van der Waals surface area (Å²) in [5.41, 5.74) is 5.24. The van der Waals surface area contributed by atoms with Gasteiger partial charge in [-0.25, -0.2) is 0 Å². The van der Waals surface area contributed by atoms with Crippen molar-refractivity contribution >= 4 is 35.1 Å². The molecule has 36 heavy (non-hydrogen) atoms. The lowest BCUT2D eigenvalue weighted by atomic mass is 9.68. The van der Waals surface area contributed by atoms with Gasteiger partial charge in [0.25, 0.3) is 0 Å². The molecule has 1 aromatic heterocycles. The standard InChI is InChI=1S/C29H31ClN2O4/c1-3-6-19-14-21-27(29(35)32(2)28(21)34)22-16-36-25(26(19)22)11-9-18(24-7-4-5-12-31-24)13-17-8-10-20(33)15-23(17)30/h4-5,7-8,10,12-13,15,21-22,25,27,33H,3,6,9,11,14,16H2,1-2H3/b18-13-/t21-,22+,25-,27-/m1/s1. The van der Waals surface area contributed by atoms with Crippen molar-refractivity contribution in [2.75, 3.05) is 13.7 Å². The van der Waals surface area contributed by atoms with Gasteiger partial charge in [0.1, 0.15) is 5.75 Å². The number of phenols is 1. The summed E-state index contributed by atoms with van der Waals surface area (Å²) in [6, 6.07) is 10.8. The normalized spacial score (nSPS) is 26.0. The third kappa shape index (κ3) is 4.48. The van der Waals surface area contributed by atoms with Crippen LogP contribution < -0.4 is 0 Å². The Balaban J connectivity index is 1.44. The van der Waals surface area contributed by atoms with Crippen LogP contribution in [0.2, 0.25) is 5.02 Å². The lowest BCUT2D eigenvalue weighted by molar-refractivity contribution is -0.138. The first-order valence-corrected chi connectivity index (χ1v) is 13.0. The van der Waals surface area contributed by atoms with Crippen LogP contribution in [0.25, 0.3) is 11.6 Å². The minimum atomic E-state index is -0.301. The monoisotopic (exact) mass is 506 g/mol. The Morgan fingerprint density at radius 1 is 1.22 bits per heavy atom. The molecular formula is C29H31ClN2O4. The van der Waals surface area contributed by atoms with Crippen molar-refractivity contribution in [1.82, 2.24) is 9.88 Å². The Bertz CT molecular complexity index is 1240. The van der Waals surface area contributed by atoms with Crippen molar-refractivity contribution in [1.29, 1.82) is 0 Å². The number of aromatic hydroxyl groups is 1. The van der Waals surface area contributed by atoms with Gasteiger partial charge in [-0.15, -0.1) is 0 Å². The summed E-state index contributed by atoms with van der Waals surface area (Å²) < 4.78 is 6.33. The Labute approximate surface area is 216 Å². The number of aromatic nitrogens is 1. The van der Waals surface area contributed by atoms with E-state index in [1.165, 1.54) is 22.1 Å². The van der Waals surface area contributed by atoms with Crippen LogP contribution in [0.4, 0.5) is 0 Å². The van der Waals surface area contributed by atoms with E-state index in [0.717, 1.165) is 36.1 Å². The average molecular weight is 507 g/mol. The van der Waals surface area contributed by atoms with Crippen LogP contribution in [0, 0.1) is 17.8 Å². The fourth-order valence-electron chi connectivity index (χ4n) is 6.10. The van der Waals surface area contributed by atoms with Crippen LogP contribution in [0.15, 0.2) is 53.7 Å². The summed E-state index contributed by atoms with van der Waals surface area (Å²) in [5, 5.41) is 10.2. The van der Waals surface area contributed by atoms with Crippen molar-refractivity contribution in [2.45, 2.75) is 45.1 Å². The van der Waals surface area contributed by atoms with Crippen molar-refractivity contribution in [3.05, 3.63) is 70.0 Å². The quantitative estimate of drug-likeness (QED) is 0.396. The molecule has 0 unspecified atom stereocenters. The van der Waals surface area contributed by atoms with E-state index in [-0.39, 0.29) is 41.4 Å². The second-order valence-electron chi connectivity index (χ2n) is 9.94. The third-order valence-corrected chi connectivity index (χ3v) is 8.09. The number of ether oxygens (including phenoxy) is 1. The molecule has 2 amide bonds. The molecule has 7 heteroatoms. The number of likely N-dealkylation sites (tertiary alicyclic amines) is 1. The topological polar surface area (TPSA) is 79.7 Å². The number of nitrogens with zero attached hydrogens (tertiary/aromatic N) is 2. The van der Waals surface area contributed by atoms with Crippen LogP contribution in [-0.4, -0.2) is 46.6 Å². The van der Waals surface area contributed by atoms with E-state index < -0.39 is 0 Å². The highest BCUT2D eigenvalue weighted by Gasteiger charge is 2.55. The predicted molar refractivity (Wildman–Crippen MR) is 139 cm³/mol. The molecule has 4 atom stereocenters. The number of imide groups is 1. The van der Waals surface area contributed by atoms with Gasteiger partial charge >= 0.3 is 0 Å². The second kappa shape index (κ2) is 10.2. The summed E-state index contributed by atoms with van der Waals surface area (Å²) in [7, 11) is 1.60. The highest BCUT2D eigenvalue weighted by Crippen LogP contribution is 2.50. The Morgan fingerprint density at radius 3 is 2.78 bits per heavy atom.